The lowest BCUT2D eigenvalue weighted by molar-refractivity contribution is -0.384. The second kappa shape index (κ2) is 9.47. The molecule has 0 spiro atoms. The maximum absolute atomic E-state index is 12.0. The fourth-order valence-electron chi connectivity index (χ4n) is 2.23. The van der Waals surface area contributed by atoms with Gasteiger partial charge >= 0.3 is 5.97 Å². The average Bonchev–Trinajstić information content (AvgIpc) is 3.13. The third-order valence-corrected chi connectivity index (χ3v) is 5.20. The Morgan fingerprint density at radius 1 is 1.18 bits per heavy atom. The van der Waals surface area contributed by atoms with Crippen molar-refractivity contribution in [1.29, 1.82) is 0 Å². The first kappa shape index (κ1) is 20.0. The van der Waals surface area contributed by atoms with Gasteiger partial charge in [-0.05, 0) is 42.0 Å². The van der Waals surface area contributed by atoms with Gasteiger partial charge in [-0.25, -0.2) is 4.68 Å². The Morgan fingerprint density at radius 2 is 1.89 bits per heavy atom. The highest BCUT2D eigenvalue weighted by Crippen LogP contribution is 2.23. The summed E-state index contributed by atoms with van der Waals surface area (Å²) < 4.78 is 7.62. The quantitative estimate of drug-likeness (QED) is 0.216. The maximum atomic E-state index is 12.0. The van der Waals surface area contributed by atoms with Crippen LogP contribution < -0.4 is 0 Å². The number of benzene rings is 2. The monoisotopic (exact) mass is 462 g/mol. The van der Waals surface area contributed by atoms with Gasteiger partial charge in [-0.15, -0.1) is 16.9 Å². The number of aromatic nitrogens is 3. The Labute approximate surface area is 173 Å². The molecule has 0 N–H and O–H groups in total. The zero-order valence-corrected chi connectivity index (χ0v) is 16.9. The smallest absolute Gasteiger partial charge is 0.328 e. The molecule has 0 atom stereocenters. The number of ether oxygens (including phenoxy) is 1. The number of nitro benzene ring substituents is 1. The number of thioether (sulfide) groups is 1. The summed E-state index contributed by atoms with van der Waals surface area (Å²) in [4.78, 5) is 23.2. The SMILES string of the molecule is O=C(Cn1cc(CSc2ccc(Br)cc2)nn1)OCc1ccc([N+](=O)[O-])cc1. The zero-order valence-electron chi connectivity index (χ0n) is 14.5. The fourth-order valence-corrected chi connectivity index (χ4v) is 3.27. The molecule has 0 aliphatic heterocycles. The molecule has 10 heteroatoms. The number of hydrogen-bond donors (Lipinski definition) is 0. The minimum atomic E-state index is -0.479. The highest BCUT2D eigenvalue weighted by atomic mass is 79.9. The highest BCUT2D eigenvalue weighted by molar-refractivity contribution is 9.10. The van der Waals surface area contributed by atoms with Crippen LogP contribution in [0.25, 0.3) is 0 Å². The first-order valence-corrected chi connectivity index (χ1v) is 9.94. The number of carbonyl (C=O) groups excluding carboxylic acids is 1. The summed E-state index contributed by atoms with van der Waals surface area (Å²) in [5.41, 5.74) is 1.42. The predicted octanol–water partition coefficient (Wildman–Crippen LogP) is 3.98. The van der Waals surface area contributed by atoms with Gasteiger partial charge < -0.3 is 4.74 Å². The van der Waals surface area contributed by atoms with Crippen LogP contribution in [-0.4, -0.2) is 25.9 Å². The molecule has 0 amide bonds. The second-order valence-corrected chi connectivity index (χ2v) is 7.70. The van der Waals surface area contributed by atoms with Gasteiger partial charge in [-0.3, -0.25) is 14.9 Å². The van der Waals surface area contributed by atoms with Gasteiger partial charge in [0.15, 0.2) is 0 Å². The summed E-state index contributed by atoms with van der Waals surface area (Å²) in [5, 5.41) is 18.6. The topological polar surface area (TPSA) is 100 Å². The van der Waals surface area contributed by atoms with Crippen LogP contribution in [0.2, 0.25) is 0 Å². The van der Waals surface area contributed by atoms with Crippen molar-refractivity contribution in [2.45, 2.75) is 23.8 Å². The summed E-state index contributed by atoms with van der Waals surface area (Å²) in [5.74, 6) is 0.176. The summed E-state index contributed by atoms with van der Waals surface area (Å²) in [7, 11) is 0. The van der Waals surface area contributed by atoms with E-state index in [4.69, 9.17) is 4.74 Å². The molecule has 2 aromatic carbocycles. The van der Waals surface area contributed by atoms with Crippen LogP contribution in [0.15, 0.2) is 64.1 Å². The summed E-state index contributed by atoms with van der Waals surface area (Å²) >= 11 is 5.02. The van der Waals surface area contributed by atoms with Crippen LogP contribution in [-0.2, 0) is 28.4 Å². The van der Waals surface area contributed by atoms with E-state index in [0.717, 1.165) is 15.1 Å². The van der Waals surface area contributed by atoms with Crippen molar-refractivity contribution >= 4 is 39.3 Å². The first-order valence-electron chi connectivity index (χ1n) is 8.16. The molecule has 0 radical (unpaired) electrons. The van der Waals surface area contributed by atoms with Gasteiger partial charge in [0.2, 0.25) is 0 Å². The van der Waals surface area contributed by atoms with E-state index in [1.807, 2.05) is 24.3 Å². The fraction of sp³-hybridized carbons (Fsp3) is 0.167. The molecule has 0 bridgehead atoms. The Morgan fingerprint density at radius 3 is 2.57 bits per heavy atom. The zero-order chi connectivity index (χ0) is 19.9. The van der Waals surface area contributed by atoms with Crippen LogP contribution in [0.1, 0.15) is 11.3 Å². The molecule has 0 unspecified atom stereocenters. The second-order valence-electron chi connectivity index (χ2n) is 5.73. The molecule has 3 aromatic rings. The van der Waals surface area contributed by atoms with Crippen molar-refractivity contribution in [2.75, 3.05) is 0 Å². The number of nitro groups is 1. The Bertz CT molecular complexity index is 960. The minimum absolute atomic E-state index is 0.00812. The number of carbonyl (C=O) groups is 1. The van der Waals surface area contributed by atoms with Crippen molar-refractivity contribution in [3.8, 4) is 0 Å². The van der Waals surface area contributed by atoms with E-state index < -0.39 is 10.9 Å². The van der Waals surface area contributed by atoms with E-state index in [-0.39, 0.29) is 18.8 Å². The maximum Gasteiger partial charge on any atom is 0.328 e. The Kier molecular flexibility index (Phi) is 6.77. The molecule has 0 saturated carbocycles. The van der Waals surface area contributed by atoms with Gasteiger partial charge in [0.25, 0.3) is 5.69 Å². The van der Waals surface area contributed by atoms with Gasteiger partial charge in [0, 0.05) is 33.5 Å². The molecule has 1 heterocycles. The van der Waals surface area contributed by atoms with Crippen LogP contribution in [0.5, 0.6) is 0 Å². The summed E-state index contributed by atoms with van der Waals surface area (Å²) in [6.07, 6.45) is 1.71. The van der Waals surface area contributed by atoms with E-state index in [0.29, 0.717) is 11.3 Å². The van der Waals surface area contributed by atoms with E-state index in [9.17, 15) is 14.9 Å². The average molecular weight is 463 g/mol. The lowest BCUT2D eigenvalue weighted by Gasteiger charge is -2.04. The van der Waals surface area contributed by atoms with Crippen molar-refractivity contribution in [2.24, 2.45) is 0 Å². The third-order valence-electron chi connectivity index (χ3n) is 3.62. The summed E-state index contributed by atoms with van der Waals surface area (Å²) in [6, 6.07) is 13.8. The third kappa shape index (κ3) is 5.89. The van der Waals surface area contributed by atoms with Crippen molar-refractivity contribution in [1.82, 2.24) is 15.0 Å². The van der Waals surface area contributed by atoms with Crippen LogP contribution >= 0.6 is 27.7 Å². The number of hydrogen-bond acceptors (Lipinski definition) is 7. The van der Waals surface area contributed by atoms with E-state index in [1.165, 1.54) is 16.8 Å². The molecule has 3 rings (SSSR count). The van der Waals surface area contributed by atoms with Crippen molar-refractivity contribution in [3.63, 3.8) is 0 Å². The van der Waals surface area contributed by atoms with E-state index in [1.54, 1.807) is 30.1 Å². The van der Waals surface area contributed by atoms with Crippen LogP contribution in [0.4, 0.5) is 5.69 Å². The Balaban J connectivity index is 1.45. The molecule has 144 valence electrons. The molecular formula is C18H15BrN4O4S. The molecule has 0 saturated heterocycles. The molecule has 0 aliphatic carbocycles. The van der Waals surface area contributed by atoms with Gasteiger partial charge in [0.1, 0.15) is 13.2 Å². The number of halogens is 1. The molecule has 0 aliphatic rings. The first-order chi connectivity index (χ1) is 13.5. The van der Waals surface area contributed by atoms with Gasteiger partial charge in [0.05, 0.1) is 10.6 Å². The lowest BCUT2D eigenvalue weighted by Crippen LogP contribution is -2.14. The molecular weight excluding hydrogens is 448 g/mol. The standard InChI is InChI=1S/C18H15BrN4O4S/c19-14-3-7-17(8-4-14)28-12-15-9-22(21-20-15)10-18(24)27-11-13-1-5-16(6-2-13)23(25)26/h1-9H,10-12H2. The van der Waals surface area contributed by atoms with Crippen LogP contribution in [0, 0.1) is 10.1 Å². The number of esters is 1. The predicted molar refractivity (Wildman–Crippen MR) is 107 cm³/mol. The minimum Gasteiger partial charge on any atom is -0.459 e. The number of nitrogens with zero attached hydrogens (tertiary/aromatic N) is 4. The molecule has 1 aromatic heterocycles. The van der Waals surface area contributed by atoms with E-state index >= 15 is 0 Å². The number of rotatable bonds is 8. The van der Waals surface area contributed by atoms with Gasteiger partial charge in [-0.2, -0.15) is 0 Å². The normalized spacial score (nSPS) is 10.6. The van der Waals surface area contributed by atoms with Crippen molar-refractivity contribution < 1.29 is 14.5 Å². The van der Waals surface area contributed by atoms with Gasteiger partial charge in [-0.1, -0.05) is 21.1 Å². The van der Waals surface area contributed by atoms with Crippen molar-refractivity contribution in [3.05, 3.63) is 80.6 Å². The molecule has 0 fully saturated rings. The largest absolute Gasteiger partial charge is 0.459 e. The summed E-state index contributed by atoms with van der Waals surface area (Å²) in [6.45, 7) is -0.0132. The lowest BCUT2D eigenvalue weighted by atomic mass is 10.2. The molecule has 28 heavy (non-hydrogen) atoms. The highest BCUT2D eigenvalue weighted by Gasteiger charge is 2.09. The Hall–Kier alpha value is -2.72. The molecule has 8 nitrogen and oxygen atoms in total. The van der Waals surface area contributed by atoms with Crippen LogP contribution in [0.3, 0.4) is 0 Å². The van der Waals surface area contributed by atoms with E-state index in [2.05, 4.69) is 26.2 Å². The number of non-ortho nitro benzene ring substituents is 1.